The largest absolute Gasteiger partial charge is 0.359 e. The van der Waals surface area contributed by atoms with Gasteiger partial charge >= 0.3 is 0 Å². The van der Waals surface area contributed by atoms with Crippen LogP contribution in [0.1, 0.15) is 35.1 Å². The molecular weight excluding hydrogens is 236 g/mol. The second-order valence-corrected chi connectivity index (χ2v) is 4.89. The lowest BCUT2D eigenvalue weighted by atomic mass is 9.93. The Labute approximate surface area is 114 Å². The molecule has 0 spiro atoms. The van der Waals surface area contributed by atoms with Crippen molar-refractivity contribution in [3.63, 3.8) is 0 Å². The summed E-state index contributed by atoms with van der Waals surface area (Å²) in [4.78, 5) is 0. The van der Waals surface area contributed by atoms with Crippen molar-refractivity contribution in [3.8, 4) is 0 Å². The predicted molar refractivity (Wildman–Crippen MR) is 75.0 cm³/mol. The Kier molecular flexibility index (Phi) is 3.62. The van der Waals surface area contributed by atoms with E-state index < -0.39 is 0 Å². The van der Waals surface area contributed by atoms with E-state index in [0.717, 1.165) is 6.42 Å². The molecule has 1 aliphatic rings. The molecule has 0 saturated heterocycles. The molecule has 0 radical (unpaired) electrons. The van der Waals surface area contributed by atoms with Crippen LogP contribution in [-0.4, -0.2) is 13.9 Å². The van der Waals surface area contributed by atoms with Crippen LogP contribution in [0, 0.1) is 0 Å². The minimum atomic E-state index is 0.140. The highest BCUT2D eigenvalue weighted by atomic mass is 16.7. The second kappa shape index (κ2) is 5.55. The number of ether oxygens (including phenoxy) is 2. The van der Waals surface area contributed by atoms with Gasteiger partial charge in [0.25, 0.3) is 0 Å². The number of benzene rings is 2. The van der Waals surface area contributed by atoms with Gasteiger partial charge in [-0.05, 0) is 23.1 Å². The second-order valence-electron chi connectivity index (χ2n) is 4.89. The maximum Gasteiger partial charge on any atom is 0.147 e. The average Bonchev–Trinajstić information content (AvgIpc) is 2.85. The molecule has 19 heavy (non-hydrogen) atoms. The average molecular weight is 254 g/mol. The van der Waals surface area contributed by atoms with Gasteiger partial charge in [-0.15, -0.1) is 0 Å². The molecule has 0 bridgehead atoms. The van der Waals surface area contributed by atoms with Gasteiger partial charge in [0.2, 0.25) is 0 Å². The predicted octanol–water partition coefficient (Wildman–Crippen LogP) is 3.88. The van der Waals surface area contributed by atoms with Crippen molar-refractivity contribution in [3.05, 3.63) is 71.3 Å². The molecule has 1 aliphatic carbocycles. The SMILES string of the molecule is COCO[C@@H]1C[C@H](c2ccccc2)c2ccccc21. The van der Waals surface area contributed by atoms with Crippen LogP contribution in [0.5, 0.6) is 0 Å². The summed E-state index contributed by atoms with van der Waals surface area (Å²) in [5.41, 5.74) is 4.04. The van der Waals surface area contributed by atoms with Gasteiger partial charge in [-0.25, -0.2) is 0 Å². The lowest BCUT2D eigenvalue weighted by Crippen LogP contribution is -2.03. The highest BCUT2D eigenvalue weighted by Crippen LogP contribution is 2.45. The number of rotatable bonds is 4. The molecule has 2 aromatic rings. The Morgan fingerprint density at radius 1 is 0.947 bits per heavy atom. The van der Waals surface area contributed by atoms with E-state index in [2.05, 4.69) is 54.6 Å². The van der Waals surface area contributed by atoms with E-state index in [9.17, 15) is 0 Å². The van der Waals surface area contributed by atoms with E-state index in [4.69, 9.17) is 9.47 Å². The zero-order valence-corrected chi connectivity index (χ0v) is 11.1. The molecule has 0 fully saturated rings. The first-order chi connectivity index (χ1) is 9.40. The quantitative estimate of drug-likeness (QED) is 0.771. The minimum absolute atomic E-state index is 0.140. The highest BCUT2D eigenvalue weighted by Gasteiger charge is 2.32. The molecule has 0 N–H and O–H groups in total. The number of fused-ring (bicyclic) bond motifs is 1. The first kappa shape index (κ1) is 12.4. The van der Waals surface area contributed by atoms with Crippen molar-refractivity contribution >= 4 is 0 Å². The van der Waals surface area contributed by atoms with Crippen molar-refractivity contribution in [2.24, 2.45) is 0 Å². The molecule has 3 rings (SSSR count). The molecule has 2 nitrogen and oxygen atoms in total. The highest BCUT2D eigenvalue weighted by molar-refractivity contribution is 5.43. The van der Waals surface area contributed by atoms with Gasteiger partial charge in [-0.1, -0.05) is 54.6 Å². The van der Waals surface area contributed by atoms with Crippen LogP contribution in [0.15, 0.2) is 54.6 Å². The van der Waals surface area contributed by atoms with E-state index in [1.54, 1.807) is 7.11 Å². The zero-order valence-electron chi connectivity index (χ0n) is 11.1. The number of hydrogen-bond acceptors (Lipinski definition) is 2. The van der Waals surface area contributed by atoms with Crippen LogP contribution >= 0.6 is 0 Å². The van der Waals surface area contributed by atoms with Crippen molar-refractivity contribution in [2.45, 2.75) is 18.4 Å². The molecular formula is C17H18O2. The summed E-state index contributed by atoms with van der Waals surface area (Å²) in [6.07, 6.45) is 1.13. The lowest BCUT2D eigenvalue weighted by Gasteiger charge is -2.13. The lowest BCUT2D eigenvalue weighted by molar-refractivity contribution is -0.0731. The topological polar surface area (TPSA) is 18.5 Å². The molecule has 98 valence electrons. The number of methoxy groups -OCH3 is 1. The molecule has 2 aromatic carbocycles. The summed E-state index contributed by atoms with van der Waals surface area (Å²) < 4.78 is 10.8. The monoisotopic (exact) mass is 254 g/mol. The zero-order chi connectivity index (χ0) is 13.1. The van der Waals surface area contributed by atoms with E-state index >= 15 is 0 Å². The summed E-state index contributed by atoms with van der Waals surface area (Å²) >= 11 is 0. The van der Waals surface area contributed by atoms with Crippen LogP contribution in [0.25, 0.3) is 0 Å². The normalized spacial score (nSPS) is 21.3. The van der Waals surface area contributed by atoms with Gasteiger partial charge in [-0.3, -0.25) is 0 Å². The van der Waals surface area contributed by atoms with Crippen molar-refractivity contribution < 1.29 is 9.47 Å². The maximum atomic E-state index is 5.81. The third kappa shape index (κ3) is 2.42. The summed E-state index contributed by atoms with van der Waals surface area (Å²) in [6.45, 7) is 0.348. The molecule has 0 aromatic heterocycles. The summed E-state index contributed by atoms with van der Waals surface area (Å²) in [7, 11) is 1.66. The van der Waals surface area contributed by atoms with Gasteiger partial charge in [-0.2, -0.15) is 0 Å². The van der Waals surface area contributed by atoms with Crippen LogP contribution in [0.4, 0.5) is 0 Å². The van der Waals surface area contributed by atoms with E-state index in [0.29, 0.717) is 12.7 Å². The Bertz CT molecular complexity index is 536. The van der Waals surface area contributed by atoms with Gasteiger partial charge in [0.1, 0.15) is 6.79 Å². The molecule has 0 saturated carbocycles. The van der Waals surface area contributed by atoms with Gasteiger partial charge in [0, 0.05) is 13.0 Å². The smallest absolute Gasteiger partial charge is 0.147 e. The van der Waals surface area contributed by atoms with E-state index in [1.165, 1.54) is 16.7 Å². The van der Waals surface area contributed by atoms with Gasteiger partial charge < -0.3 is 9.47 Å². The molecule has 0 amide bonds. The standard InChI is InChI=1S/C17H18O2/c1-18-12-19-17-11-16(13-7-3-2-4-8-13)14-9-5-6-10-15(14)17/h2-10,16-17H,11-12H2,1H3/t16-,17-/m1/s1. The molecule has 0 heterocycles. The molecule has 2 heteroatoms. The Hall–Kier alpha value is -1.64. The minimum Gasteiger partial charge on any atom is -0.359 e. The summed E-state index contributed by atoms with van der Waals surface area (Å²) in [5, 5.41) is 0. The maximum absolute atomic E-state index is 5.81. The fraction of sp³-hybridized carbons (Fsp3) is 0.294. The Morgan fingerprint density at radius 3 is 2.37 bits per heavy atom. The van der Waals surface area contributed by atoms with E-state index in [1.807, 2.05) is 0 Å². The van der Waals surface area contributed by atoms with Crippen molar-refractivity contribution in [2.75, 3.05) is 13.9 Å². The summed E-state index contributed by atoms with van der Waals surface area (Å²) in [6, 6.07) is 19.2. The van der Waals surface area contributed by atoms with Crippen LogP contribution in [0.2, 0.25) is 0 Å². The third-order valence-electron chi connectivity index (χ3n) is 3.76. The van der Waals surface area contributed by atoms with Crippen LogP contribution in [-0.2, 0) is 9.47 Å². The van der Waals surface area contributed by atoms with Crippen molar-refractivity contribution in [1.29, 1.82) is 0 Å². The van der Waals surface area contributed by atoms with Crippen LogP contribution < -0.4 is 0 Å². The van der Waals surface area contributed by atoms with E-state index in [-0.39, 0.29) is 6.10 Å². The number of hydrogen-bond donors (Lipinski definition) is 0. The van der Waals surface area contributed by atoms with Gasteiger partial charge in [0.15, 0.2) is 0 Å². The molecule has 0 unspecified atom stereocenters. The Morgan fingerprint density at radius 2 is 1.63 bits per heavy atom. The van der Waals surface area contributed by atoms with Gasteiger partial charge in [0.05, 0.1) is 6.10 Å². The van der Waals surface area contributed by atoms with Crippen LogP contribution in [0.3, 0.4) is 0 Å². The summed E-state index contributed by atoms with van der Waals surface area (Å²) in [5.74, 6) is 0.430. The molecule has 2 atom stereocenters. The fourth-order valence-corrected chi connectivity index (χ4v) is 2.90. The Balaban J connectivity index is 1.92. The third-order valence-corrected chi connectivity index (χ3v) is 3.76. The van der Waals surface area contributed by atoms with Crippen molar-refractivity contribution in [1.82, 2.24) is 0 Å². The first-order valence-corrected chi connectivity index (χ1v) is 6.64. The molecule has 0 aliphatic heterocycles. The fourth-order valence-electron chi connectivity index (χ4n) is 2.90. The first-order valence-electron chi connectivity index (χ1n) is 6.64.